The largest absolute Gasteiger partial charge is 0.325 e. The van der Waals surface area contributed by atoms with Crippen LogP contribution < -0.4 is 16.0 Å². The van der Waals surface area contributed by atoms with Crippen LogP contribution in [0.1, 0.15) is 26.7 Å². The molecule has 0 saturated carbocycles. The predicted octanol–water partition coefficient (Wildman–Crippen LogP) is 8.27. The van der Waals surface area contributed by atoms with E-state index in [2.05, 4.69) is 20.9 Å². The Morgan fingerprint density at radius 3 is 2.16 bits per heavy atom. The Balaban J connectivity index is 1.39. The Morgan fingerprint density at radius 1 is 0.733 bits per heavy atom. The summed E-state index contributed by atoms with van der Waals surface area (Å²) < 4.78 is 0. The smallest absolute Gasteiger partial charge is 0.272 e. The van der Waals surface area contributed by atoms with Crippen LogP contribution in [-0.4, -0.2) is 22.7 Å². The van der Waals surface area contributed by atoms with Crippen LogP contribution in [0.2, 0.25) is 10.0 Å². The molecular weight excluding hydrogens is 627 g/mol. The van der Waals surface area contributed by atoms with Crippen molar-refractivity contribution < 1.29 is 14.4 Å². The minimum Gasteiger partial charge on any atom is -0.325 e. The van der Waals surface area contributed by atoms with Crippen LogP contribution in [-0.2, 0) is 9.59 Å². The van der Waals surface area contributed by atoms with Gasteiger partial charge in [0.05, 0.1) is 0 Å². The lowest BCUT2D eigenvalue weighted by Crippen LogP contribution is -2.30. The molecule has 0 aliphatic heterocycles. The summed E-state index contributed by atoms with van der Waals surface area (Å²) in [7, 11) is 0. The lowest BCUT2D eigenvalue weighted by atomic mass is 10.1. The minimum atomic E-state index is -0.585. The van der Waals surface area contributed by atoms with Crippen LogP contribution in [0, 0.1) is 0 Å². The maximum atomic E-state index is 13.6. The van der Waals surface area contributed by atoms with Gasteiger partial charge in [-0.25, -0.2) is 0 Å². The SMILES string of the molecule is O=C(Nc1cccc(SC(C(=O)Nc2ccncc2)c2ccccc2)c1)/C(=C\c1ccc(Cl)cc1Cl)NC(=O)c1ccccc1. The number of hydrogen-bond acceptors (Lipinski definition) is 5. The summed E-state index contributed by atoms with van der Waals surface area (Å²) in [5, 5.41) is 8.69. The average Bonchev–Trinajstić information content (AvgIpc) is 3.06. The molecule has 10 heteroatoms. The zero-order valence-electron chi connectivity index (χ0n) is 23.6. The lowest BCUT2D eigenvalue weighted by molar-refractivity contribution is -0.116. The number of anilines is 2. The zero-order chi connectivity index (χ0) is 31.6. The Kier molecular flexibility index (Phi) is 10.7. The van der Waals surface area contributed by atoms with Gasteiger partial charge in [0.25, 0.3) is 11.8 Å². The molecule has 5 aromatic rings. The fraction of sp³-hybridized carbons (Fsp3) is 0.0286. The number of rotatable bonds is 10. The molecule has 0 saturated heterocycles. The highest BCUT2D eigenvalue weighted by Crippen LogP contribution is 2.37. The number of carbonyl (C=O) groups is 3. The maximum absolute atomic E-state index is 13.6. The highest BCUT2D eigenvalue weighted by atomic mass is 35.5. The first kappa shape index (κ1) is 31.5. The number of pyridine rings is 1. The van der Waals surface area contributed by atoms with E-state index >= 15 is 0 Å². The number of thioether (sulfide) groups is 1. The summed E-state index contributed by atoms with van der Waals surface area (Å²) in [5.41, 5.74) is 2.77. The van der Waals surface area contributed by atoms with E-state index in [1.165, 1.54) is 17.8 Å². The third-order valence-corrected chi connectivity index (χ3v) is 8.24. The second-order valence-corrected chi connectivity index (χ2v) is 11.7. The van der Waals surface area contributed by atoms with Gasteiger partial charge in [0, 0.05) is 44.3 Å². The molecule has 7 nitrogen and oxygen atoms in total. The van der Waals surface area contributed by atoms with E-state index < -0.39 is 17.1 Å². The van der Waals surface area contributed by atoms with E-state index in [0.717, 1.165) is 10.5 Å². The van der Waals surface area contributed by atoms with Crippen molar-refractivity contribution in [1.29, 1.82) is 0 Å². The van der Waals surface area contributed by atoms with Crippen LogP contribution >= 0.6 is 35.0 Å². The molecule has 0 radical (unpaired) electrons. The summed E-state index contributed by atoms with van der Waals surface area (Å²) in [6.45, 7) is 0. The third kappa shape index (κ3) is 8.83. The maximum Gasteiger partial charge on any atom is 0.272 e. The molecule has 1 aromatic heterocycles. The van der Waals surface area contributed by atoms with E-state index in [-0.39, 0.29) is 11.6 Å². The second kappa shape index (κ2) is 15.2. The van der Waals surface area contributed by atoms with Gasteiger partial charge in [-0.1, -0.05) is 83.9 Å². The molecule has 1 atom stereocenters. The number of benzene rings is 4. The summed E-state index contributed by atoms with van der Waals surface area (Å²) >= 11 is 13.8. The van der Waals surface area contributed by atoms with E-state index in [1.807, 2.05) is 36.4 Å². The summed E-state index contributed by atoms with van der Waals surface area (Å²) in [5.74, 6) is -1.24. The Labute approximate surface area is 274 Å². The molecule has 224 valence electrons. The van der Waals surface area contributed by atoms with Gasteiger partial charge >= 0.3 is 0 Å². The quantitative estimate of drug-likeness (QED) is 0.104. The van der Waals surface area contributed by atoms with Gasteiger partial charge in [-0.3, -0.25) is 19.4 Å². The van der Waals surface area contributed by atoms with Crippen molar-refractivity contribution in [3.05, 3.63) is 160 Å². The highest BCUT2D eigenvalue weighted by molar-refractivity contribution is 8.00. The normalized spacial score (nSPS) is 11.7. The van der Waals surface area contributed by atoms with Crippen molar-refractivity contribution in [3.8, 4) is 0 Å². The van der Waals surface area contributed by atoms with Crippen molar-refractivity contribution in [2.75, 3.05) is 10.6 Å². The Hall–Kier alpha value is -4.89. The standard InChI is InChI=1S/C35H26Cl2N4O3S/c36-26-15-14-25(30(37)21-26)20-31(41-33(42)24-10-5-2-6-11-24)34(43)40-28-12-7-13-29(22-28)45-32(23-8-3-1-4-9-23)35(44)39-27-16-18-38-19-17-27/h1-22,32H,(H,40,43)(H,41,42)(H,38,39,44)/b31-20+. The number of carbonyl (C=O) groups excluding carboxylic acids is 3. The van der Waals surface area contributed by atoms with Crippen molar-refractivity contribution in [2.24, 2.45) is 0 Å². The van der Waals surface area contributed by atoms with Gasteiger partial charge in [0.15, 0.2) is 0 Å². The second-order valence-electron chi connectivity index (χ2n) is 9.66. The van der Waals surface area contributed by atoms with Crippen LogP contribution in [0.25, 0.3) is 6.08 Å². The van der Waals surface area contributed by atoms with Crippen LogP contribution in [0.3, 0.4) is 0 Å². The molecular formula is C35H26Cl2N4O3S. The Bertz CT molecular complexity index is 1840. The first-order chi connectivity index (χ1) is 21.9. The fourth-order valence-corrected chi connectivity index (χ4v) is 5.79. The third-order valence-electron chi connectivity index (χ3n) is 6.43. The number of amides is 3. The summed E-state index contributed by atoms with van der Waals surface area (Å²) in [6.07, 6.45) is 4.71. The van der Waals surface area contributed by atoms with Gasteiger partial charge in [0.1, 0.15) is 10.9 Å². The molecule has 0 spiro atoms. The van der Waals surface area contributed by atoms with Crippen LogP contribution in [0.5, 0.6) is 0 Å². The van der Waals surface area contributed by atoms with E-state index in [9.17, 15) is 14.4 Å². The van der Waals surface area contributed by atoms with Crippen LogP contribution in [0.4, 0.5) is 11.4 Å². The molecule has 0 aliphatic rings. The molecule has 0 fully saturated rings. The lowest BCUT2D eigenvalue weighted by Gasteiger charge is -2.18. The van der Waals surface area contributed by atoms with Gasteiger partial charge in [0.2, 0.25) is 5.91 Å². The number of halogens is 2. The van der Waals surface area contributed by atoms with Crippen LogP contribution in [0.15, 0.2) is 138 Å². The molecule has 45 heavy (non-hydrogen) atoms. The number of aromatic nitrogens is 1. The molecule has 5 rings (SSSR count). The molecule has 4 aromatic carbocycles. The molecule has 1 unspecified atom stereocenters. The predicted molar refractivity (Wildman–Crippen MR) is 181 cm³/mol. The van der Waals surface area contributed by atoms with Gasteiger partial charge in [-0.2, -0.15) is 0 Å². The Morgan fingerprint density at radius 2 is 1.44 bits per heavy atom. The molecule has 1 heterocycles. The van der Waals surface area contributed by atoms with Crippen molar-refractivity contribution >= 4 is 70.1 Å². The number of nitrogens with zero attached hydrogens (tertiary/aromatic N) is 1. The summed E-state index contributed by atoms with van der Waals surface area (Å²) in [4.78, 5) is 44.8. The van der Waals surface area contributed by atoms with E-state index in [4.69, 9.17) is 23.2 Å². The highest BCUT2D eigenvalue weighted by Gasteiger charge is 2.23. The number of hydrogen-bond donors (Lipinski definition) is 3. The van der Waals surface area contributed by atoms with Crippen molar-refractivity contribution in [2.45, 2.75) is 10.1 Å². The van der Waals surface area contributed by atoms with E-state index in [1.54, 1.807) is 91.3 Å². The first-order valence-electron chi connectivity index (χ1n) is 13.7. The molecule has 3 N–H and O–H groups in total. The topological polar surface area (TPSA) is 100 Å². The molecule has 3 amide bonds. The van der Waals surface area contributed by atoms with Crippen molar-refractivity contribution in [3.63, 3.8) is 0 Å². The van der Waals surface area contributed by atoms with Crippen molar-refractivity contribution in [1.82, 2.24) is 10.3 Å². The first-order valence-corrected chi connectivity index (χ1v) is 15.4. The fourth-order valence-electron chi connectivity index (χ4n) is 4.24. The monoisotopic (exact) mass is 652 g/mol. The van der Waals surface area contributed by atoms with Gasteiger partial charge in [-0.15, -0.1) is 11.8 Å². The molecule has 0 aliphatic carbocycles. The van der Waals surface area contributed by atoms with Gasteiger partial charge < -0.3 is 16.0 Å². The van der Waals surface area contributed by atoms with Gasteiger partial charge in [-0.05, 0) is 71.8 Å². The number of nitrogens with one attached hydrogen (secondary N) is 3. The zero-order valence-corrected chi connectivity index (χ0v) is 25.9. The average molecular weight is 654 g/mol. The summed E-state index contributed by atoms with van der Waals surface area (Å²) in [6, 6.07) is 33.4. The minimum absolute atomic E-state index is 0.0231. The molecule has 0 bridgehead atoms. The van der Waals surface area contributed by atoms with E-state index in [0.29, 0.717) is 32.5 Å².